The van der Waals surface area contributed by atoms with Crippen molar-refractivity contribution in [3.8, 4) is 12.3 Å². The quantitative estimate of drug-likeness (QED) is 0.805. The van der Waals surface area contributed by atoms with Gasteiger partial charge < -0.3 is 11.1 Å². The minimum absolute atomic E-state index is 0.0596. The lowest BCUT2D eigenvalue weighted by Crippen LogP contribution is -2.44. The molecule has 0 aliphatic rings. The van der Waals surface area contributed by atoms with Crippen LogP contribution in [0.1, 0.15) is 16.8 Å². The summed E-state index contributed by atoms with van der Waals surface area (Å²) in [6.07, 6.45) is 6.75. The molecule has 2 aromatic rings. The molecular weight excluding hydrogens is 254 g/mol. The second-order valence-electron chi connectivity index (χ2n) is 4.21. The lowest BCUT2D eigenvalue weighted by molar-refractivity contribution is -0.119. The van der Waals surface area contributed by atoms with Crippen LogP contribution < -0.4 is 11.1 Å². The van der Waals surface area contributed by atoms with Gasteiger partial charge in [-0.3, -0.25) is 14.6 Å². The van der Waals surface area contributed by atoms with E-state index in [0.29, 0.717) is 16.5 Å². The van der Waals surface area contributed by atoms with Crippen molar-refractivity contribution >= 4 is 22.7 Å². The zero-order valence-electron chi connectivity index (χ0n) is 10.7. The average molecular weight is 267 g/mol. The summed E-state index contributed by atoms with van der Waals surface area (Å²) in [6, 6.07) is 7.96. The van der Waals surface area contributed by atoms with Crippen molar-refractivity contribution in [2.24, 2.45) is 5.73 Å². The van der Waals surface area contributed by atoms with Crippen molar-refractivity contribution in [3.63, 3.8) is 0 Å². The Morgan fingerprint density at radius 3 is 2.80 bits per heavy atom. The van der Waals surface area contributed by atoms with E-state index in [4.69, 9.17) is 12.2 Å². The Morgan fingerprint density at radius 1 is 1.35 bits per heavy atom. The van der Waals surface area contributed by atoms with Crippen LogP contribution >= 0.6 is 0 Å². The first-order valence-electron chi connectivity index (χ1n) is 6.01. The van der Waals surface area contributed by atoms with Gasteiger partial charge >= 0.3 is 0 Å². The number of primary amides is 1. The van der Waals surface area contributed by atoms with Gasteiger partial charge in [0.2, 0.25) is 5.91 Å². The third-order valence-corrected chi connectivity index (χ3v) is 2.86. The Hall–Kier alpha value is -2.87. The standard InChI is InChI=1S/C15H13N3O2/c1-2-5-13(14(16)19)18-15(20)11-8-9-17-12-7-4-3-6-10(11)12/h1,3-4,6-9,13H,5H2,(H2,16,19)(H,18,20)/t13-/m0/s1. The van der Waals surface area contributed by atoms with Gasteiger partial charge in [-0.15, -0.1) is 12.3 Å². The lowest BCUT2D eigenvalue weighted by atomic mass is 10.1. The highest BCUT2D eigenvalue weighted by molar-refractivity contribution is 6.07. The molecule has 0 bridgehead atoms. The maximum absolute atomic E-state index is 12.2. The first-order chi connectivity index (χ1) is 9.63. The summed E-state index contributed by atoms with van der Waals surface area (Å²) in [7, 11) is 0. The fourth-order valence-electron chi connectivity index (χ4n) is 1.87. The molecule has 0 spiro atoms. The van der Waals surface area contributed by atoms with E-state index in [9.17, 15) is 9.59 Å². The maximum atomic E-state index is 12.2. The van der Waals surface area contributed by atoms with E-state index in [2.05, 4.69) is 16.2 Å². The number of hydrogen-bond donors (Lipinski definition) is 2. The largest absolute Gasteiger partial charge is 0.368 e. The number of amides is 2. The van der Waals surface area contributed by atoms with E-state index >= 15 is 0 Å². The van der Waals surface area contributed by atoms with Crippen LogP contribution in [-0.4, -0.2) is 22.8 Å². The number of aromatic nitrogens is 1. The van der Waals surface area contributed by atoms with Crippen LogP contribution in [0.2, 0.25) is 0 Å². The van der Waals surface area contributed by atoms with Gasteiger partial charge in [-0.05, 0) is 12.1 Å². The predicted octanol–water partition coefficient (Wildman–Crippen LogP) is 0.842. The molecule has 2 amide bonds. The third-order valence-electron chi connectivity index (χ3n) is 2.86. The summed E-state index contributed by atoms with van der Waals surface area (Å²) in [5.41, 5.74) is 6.33. The van der Waals surface area contributed by atoms with E-state index in [1.54, 1.807) is 18.2 Å². The van der Waals surface area contributed by atoms with Crippen LogP contribution in [0.15, 0.2) is 36.5 Å². The Kier molecular flexibility index (Phi) is 3.96. The Bertz CT molecular complexity index is 698. The Morgan fingerprint density at radius 2 is 2.10 bits per heavy atom. The third kappa shape index (κ3) is 2.75. The molecule has 20 heavy (non-hydrogen) atoms. The van der Waals surface area contributed by atoms with Gasteiger partial charge in [0.1, 0.15) is 6.04 Å². The second kappa shape index (κ2) is 5.85. The molecule has 1 aromatic heterocycles. The second-order valence-corrected chi connectivity index (χ2v) is 4.21. The molecule has 0 saturated carbocycles. The maximum Gasteiger partial charge on any atom is 0.252 e. The van der Waals surface area contributed by atoms with Crippen molar-refractivity contribution in [1.82, 2.24) is 10.3 Å². The van der Waals surface area contributed by atoms with E-state index in [1.807, 2.05) is 12.1 Å². The number of hydrogen-bond acceptors (Lipinski definition) is 3. The molecule has 1 aromatic carbocycles. The van der Waals surface area contributed by atoms with Crippen molar-refractivity contribution in [1.29, 1.82) is 0 Å². The highest BCUT2D eigenvalue weighted by atomic mass is 16.2. The SMILES string of the molecule is C#CC[C@H](NC(=O)c1ccnc2ccccc12)C(N)=O. The van der Waals surface area contributed by atoms with Crippen molar-refractivity contribution in [2.75, 3.05) is 0 Å². The minimum Gasteiger partial charge on any atom is -0.368 e. The summed E-state index contributed by atoms with van der Waals surface area (Å²) >= 11 is 0. The Balaban J connectivity index is 2.32. The molecule has 5 nitrogen and oxygen atoms in total. The highest BCUT2D eigenvalue weighted by Crippen LogP contribution is 2.16. The number of carbonyl (C=O) groups excluding carboxylic acids is 2. The average Bonchev–Trinajstić information content (AvgIpc) is 2.46. The van der Waals surface area contributed by atoms with Gasteiger partial charge in [-0.2, -0.15) is 0 Å². The molecule has 1 atom stereocenters. The smallest absolute Gasteiger partial charge is 0.252 e. The van der Waals surface area contributed by atoms with Crippen LogP contribution in [0.3, 0.4) is 0 Å². The van der Waals surface area contributed by atoms with E-state index < -0.39 is 17.9 Å². The van der Waals surface area contributed by atoms with Gasteiger partial charge in [-0.25, -0.2) is 0 Å². The minimum atomic E-state index is -0.876. The zero-order valence-corrected chi connectivity index (χ0v) is 10.7. The zero-order chi connectivity index (χ0) is 14.5. The molecule has 1 heterocycles. The summed E-state index contributed by atoms with van der Waals surface area (Å²) in [5, 5.41) is 3.25. The van der Waals surface area contributed by atoms with E-state index in [1.165, 1.54) is 6.20 Å². The number of para-hydroxylation sites is 1. The Labute approximate surface area is 116 Å². The molecule has 0 aliphatic carbocycles. The van der Waals surface area contributed by atoms with Gasteiger partial charge in [0.25, 0.3) is 5.91 Å². The molecule has 0 radical (unpaired) electrons. The number of nitrogens with zero attached hydrogens (tertiary/aromatic N) is 1. The van der Waals surface area contributed by atoms with Gasteiger partial charge in [0.15, 0.2) is 0 Å². The molecule has 0 unspecified atom stereocenters. The fraction of sp³-hybridized carbons (Fsp3) is 0.133. The van der Waals surface area contributed by atoms with Gasteiger partial charge in [-0.1, -0.05) is 18.2 Å². The monoisotopic (exact) mass is 267 g/mol. The summed E-state index contributed by atoms with van der Waals surface area (Å²) in [6.45, 7) is 0. The van der Waals surface area contributed by atoms with Crippen molar-refractivity contribution in [3.05, 3.63) is 42.1 Å². The predicted molar refractivity (Wildman–Crippen MR) is 75.6 cm³/mol. The van der Waals surface area contributed by atoms with Gasteiger partial charge in [0, 0.05) is 18.0 Å². The fourth-order valence-corrected chi connectivity index (χ4v) is 1.87. The molecule has 2 rings (SSSR count). The molecule has 0 aliphatic heterocycles. The highest BCUT2D eigenvalue weighted by Gasteiger charge is 2.19. The first-order valence-corrected chi connectivity index (χ1v) is 6.01. The molecule has 3 N–H and O–H groups in total. The summed E-state index contributed by atoms with van der Waals surface area (Å²) in [4.78, 5) is 27.6. The van der Waals surface area contributed by atoms with E-state index in [0.717, 1.165) is 0 Å². The summed E-state index contributed by atoms with van der Waals surface area (Å²) < 4.78 is 0. The number of rotatable bonds is 4. The molecule has 0 fully saturated rings. The lowest BCUT2D eigenvalue weighted by Gasteiger charge is -2.13. The number of benzene rings is 1. The van der Waals surface area contributed by atoms with Crippen molar-refractivity contribution < 1.29 is 9.59 Å². The van der Waals surface area contributed by atoms with E-state index in [-0.39, 0.29) is 6.42 Å². The first kappa shape index (κ1) is 13.6. The number of fused-ring (bicyclic) bond motifs is 1. The van der Waals surface area contributed by atoms with Gasteiger partial charge in [0.05, 0.1) is 11.1 Å². The van der Waals surface area contributed by atoms with Crippen molar-refractivity contribution in [2.45, 2.75) is 12.5 Å². The number of carbonyl (C=O) groups is 2. The van der Waals surface area contributed by atoms with Crippen LogP contribution in [-0.2, 0) is 4.79 Å². The molecular formula is C15H13N3O2. The van der Waals surface area contributed by atoms with Crippen LogP contribution in [0.5, 0.6) is 0 Å². The van der Waals surface area contributed by atoms with Crippen LogP contribution in [0.4, 0.5) is 0 Å². The normalized spacial score (nSPS) is 11.6. The van der Waals surface area contributed by atoms with Crippen LogP contribution in [0, 0.1) is 12.3 Å². The van der Waals surface area contributed by atoms with Crippen LogP contribution in [0.25, 0.3) is 10.9 Å². The molecule has 5 heteroatoms. The number of pyridine rings is 1. The number of nitrogens with one attached hydrogen (secondary N) is 1. The molecule has 0 saturated heterocycles. The summed E-state index contributed by atoms with van der Waals surface area (Å²) in [5.74, 6) is 1.26. The number of nitrogens with two attached hydrogens (primary N) is 1. The topological polar surface area (TPSA) is 85.1 Å². The molecule has 100 valence electrons. The number of terminal acetylenes is 1.